The third-order valence-corrected chi connectivity index (χ3v) is 3.28. The van der Waals surface area contributed by atoms with Gasteiger partial charge in [0.25, 0.3) is 0 Å². The summed E-state index contributed by atoms with van der Waals surface area (Å²) >= 11 is 0. The van der Waals surface area contributed by atoms with Crippen molar-refractivity contribution in [1.82, 2.24) is 5.32 Å². The van der Waals surface area contributed by atoms with E-state index in [0.717, 1.165) is 44.6 Å². The Morgan fingerprint density at radius 1 is 1.11 bits per heavy atom. The Balaban J connectivity index is 2.43. The topological polar surface area (TPSA) is 47.3 Å². The van der Waals surface area contributed by atoms with E-state index in [4.69, 9.17) is 10.5 Å². The van der Waals surface area contributed by atoms with E-state index in [2.05, 4.69) is 31.3 Å². The van der Waals surface area contributed by atoms with Gasteiger partial charge < -0.3 is 15.8 Å². The molecule has 3 heteroatoms. The number of unbranched alkanes of at least 4 members (excludes halogenated alkanes) is 1. The average Bonchev–Trinajstić information content (AvgIpc) is 2.37. The first-order valence-corrected chi connectivity index (χ1v) is 6.74. The lowest BCUT2D eigenvalue weighted by Gasteiger charge is -2.12. The van der Waals surface area contributed by atoms with Crippen LogP contribution < -0.4 is 15.8 Å². The molecule has 0 spiro atoms. The highest BCUT2D eigenvalue weighted by atomic mass is 16.5. The van der Waals surface area contributed by atoms with Crippen molar-refractivity contribution in [3.8, 4) is 5.75 Å². The van der Waals surface area contributed by atoms with Crippen LogP contribution in [0.3, 0.4) is 0 Å². The van der Waals surface area contributed by atoms with E-state index in [-0.39, 0.29) is 0 Å². The van der Waals surface area contributed by atoms with Gasteiger partial charge in [0.05, 0.1) is 7.11 Å². The number of nitrogens with two attached hydrogens (primary N) is 1. The minimum absolute atomic E-state index is 0.784. The summed E-state index contributed by atoms with van der Waals surface area (Å²) in [6.07, 6.45) is 3.26. The fourth-order valence-electron chi connectivity index (χ4n) is 1.98. The van der Waals surface area contributed by atoms with Crippen LogP contribution >= 0.6 is 0 Å². The van der Waals surface area contributed by atoms with Crippen molar-refractivity contribution in [1.29, 1.82) is 0 Å². The summed E-state index contributed by atoms with van der Waals surface area (Å²) in [5, 5.41) is 3.44. The van der Waals surface area contributed by atoms with Crippen LogP contribution in [0.4, 0.5) is 0 Å². The number of nitrogens with one attached hydrogen (secondary N) is 1. The Morgan fingerprint density at radius 3 is 2.50 bits per heavy atom. The monoisotopic (exact) mass is 250 g/mol. The molecule has 0 aliphatic heterocycles. The van der Waals surface area contributed by atoms with Crippen molar-refractivity contribution < 1.29 is 4.74 Å². The Kier molecular flexibility index (Phi) is 6.76. The minimum Gasteiger partial charge on any atom is -0.496 e. The van der Waals surface area contributed by atoms with Gasteiger partial charge in [-0.1, -0.05) is 6.07 Å². The number of rotatable bonds is 8. The molecule has 0 unspecified atom stereocenters. The first kappa shape index (κ1) is 15.0. The lowest BCUT2D eigenvalue weighted by atomic mass is 10.0. The summed E-state index contributed by atoms with van der Waals surface area (Å²) in [4.78, 5) is 0. The lowest BCUT2D eigenvalue weighted by Crippen LogP contribution is -2.19. The van der Waals surface area contributed by atoms with Gasteiger partial charge in [-0.15, -0.1) is 0 Å². The van der Waals surface area contributed by atoms with Crippen molar-refractivity contribution in [3.63, 3.8) is 0 Å². The molecule has 0 saturated heterocycles. The highest BCUT2D eigenvalue weighted by molar-refractivity contribution is 5.41. The number of methoxy groups -OCH3 is 1. The second-order valence-corrected chi connectivity index (χ2v) is 4.74. The van der Waals surface area contributed by atoms with Gasteiger partial charge in [-0.25, -0.2) is 0 Å². The Morgan fingerprint density at radius 2 is 1.83 bits per heavy atom. The first-order chi connectivity index (χ1) is 8.69. The van der Waals surface area contributed by atoms with Crippen molar-refractivity contribution in [2.45, 2.75) is 33.1 Å². The molecule has 1 aromatic carbocycles. The summed E-state index contributed by atoms with van der Waals surface area (Å²) < 4.78 is 5.43. The van der Waals surface area contributed by atoms with Crippen LogP contribution in [0, 0.1) is 13.8 Å². The molecule has 18 heavy (non-hydrogen) atoms. The maximum absolute atomic E-state index is 5.46. The van der Waals surface area contributed by atoms with Crippen molar-refractivity contribution in [3.05, 3.63) is 28.8 Å². The van der Waals surface area contributed by atoms with E-state index in [9.17, 15) is 0 Å². The molecule has 0 atom stereocenters. The van der Waals surface area contributed by atoms with Gasteiger partial charge in [-0.05, 0) is 75.5 Å². The average molecular weight is 250 g/mol. The van der Waals surface area contributed by atoms with Gasteiger partial charge in [0, 0.05) is 0 Å². The van der Waals surface area contributed by atoms with Crippen LogP contribution in [0.1, 0.15) is 29.5 Å². The fraction of sp³-hybridized carbons (Fsp3) is 0.600. The number of hydrogen-bond donors (Lipinski definition) is 2. The van der Waals surface area contributed by atoms with Crippen LogP contribution in [-0.4, -0.2) is 26.7 Å². The predicted molar refractivity (Wildman–Crippen MR) is 77.3 cm³/mol. The summed E-state index contributed by atoms with van der Waals surface area (Å²) in [5.74, 6) is 1.00. The Bertz CT molecular complexity index is 364. The predicted octanol–water partition coefficient (Wildman–Crippen LogP) is 2.18. The lowest BCUT2D eigenvalue weighted by molar-refractivity contribution is 0.408. The van der Waals surface area contributed by atoms with Crippen molar-refractivity contribution in [2.24, 2.45) is 5.73 Å². The smallest absolute Gasteiger partial charge is 0.122 e. The Labute approximate surface area is 111 Å². The second-order valence-electron chi connectivity index (χ2n) is 4.74. The fourth-order valence-corrected chi connectivity index (χ4v) is 1.98. The van der Waals surface area contributed by atoms with E-state index < -0.39 is 0 Å². The molecule has 0 saturated carbocycles. The number of aryl methyl sites for hydroxylation is 2. The molecule has 1 aromatic rings. The van der Waals surface area contributed by atoms with E-state index in [1.54, 1.807) is 7.11 Å². The molecule has 0 heterocycles. The van der Waals surface area contributed by atoms with Crippen molar-refractivity contribution in [2.75, 3.05) is 26.7 Å². The van der Waals surface area contributed by atoms with Gasteiger partial charge in [-0.3, -0.25) is 0 Å². The molecule has 0 amide bonds. The molecule has 0 aliphatic rings. The summed E-state index contributed by atoms with van der Waals surface area (Å²) in [7, 11) is 1.74. The van der Waals surface area contributed by atoms with Gasteiger partial charge in [0.15, 0.2) is 0 Å². The second kappa shape index (κ2) is 8.11. The maximum atomic E-state index is 5.46. The standard InChI is InChI=1S/C15H26N2O/c1-12-10-14(15(18-3)11-13(12)2)6-9-17-8-5-4-7-16/h10-11,17H,4-9,16H2,1-3H3. The van der Waals surface area contributed by atoms with Gasteiger partial charge in [0.2, 0.25) is 0 Å². The van der Waals surface area contributed by atoms with Crippen LogP contribution in [-0.2, 0) is 6.42 Å². The molecule has 3 nitrogen and oxygen atoms in total. The Hall–Kier alpha value is -1.06. The van der Waals surface area contributed by atoms with Gasteiger partial charge >= 0.3 is 0 Å². The highest BCUT2D eigenvalue weighted by Gasteiger charge is 2.05. The molecule has 102 valence electrons. The first-order valence-electron chi connectivity index (χ1n) is 6.74. The van der Waals surface area contributed by atoms with Crippen LogP contribution in [0.5, 0.6) is 5.75 Å². The van der Waals surface area contributed by atoms with E-state index in [1.807, 2.05) is 0 Å². The maximum Gasteiger partial charge on any atom is 0.122 e. The molecular weight excluding hydrogens is 224 g/mol. The third-order valence-electron chi connectivity index (χ3n) is 3.28. The van der Waals surface area contributed by atoms with E-state index in [1.165, 1.54) is 16.7 Å². The minimum atomic E-state index is 0.784. The molecule has 0 aliphatic carbocycles. The molecular formula is C15H26N2O. The highest BCUT2D eigenvalue weighted by Crippen LogP contribution is 2.23. The van der Waals surface area contributed by atoms with Crippen LogP contribution in [0.15, 0.2) is 12.1 Å². The third kappa shape index (κ3) is 4.67. The zero-order valence-electron chi connectivity index (χ0n) is 11.9. The SMILES string of the molecule is COc1cc(C)c(C)cc1CCNCCCCN. The van der Waals surface area contributed by atoms with Crippen molar-refractivity contribution >= 4 is 0 Å². The molecule has 1 rings (SSSR count). The van der Waals surface area contributed by atoms with E-state index >= 15 is 0 Å². The summed E-state index contributed by atoms with van der Waals surface area (Å²) in [6.45, 7) is 7.08. The van der Waals surface area contributed by atoms with Crippen LogP contribution in [0.25, 0.3) is 0 Å². The zero-order valence-corrected chi connectivity index (χ0v) is 11.9. The van der Waals surface area contributed by atoms with Gasteiger partial charge in [0.1, 0.15) is 5.75 Å². The summed E-state index contributed by atoms with van der Waals surface area (Å²) in [5.41, 5.74) is 9.35. The normalized spacial score (nSPS) is 10.7. The van der Waals surface area contributed by atoms with Crippen LogP contribution in [0.2, 0.25) is 0 Å². The van der Waals surface area contributed by atoms with E-state index in [0.29, 0.717) is 0 Å². The summed E-state index contributed by atoms with van der Waals surface area (Å²) in [6, 6.07) is 4.36. The number of benzene rings is 1. The number of hydrogen-bond acceptors (Lipinski definition) is 3. The van der Waals surface area contributed by atoms with Gasteiger partial charge in [-0.2, -0.15) is 0 Å². The zero-order chi connectivity index (χ0) is 13.4. The molecule has 0 aromatic heterocycles. The molecule has 3 N–H and O–H groups in total. The molecule has 0 fully saturated rings. The quantitative estimate of drug-likeness (QED) is 0.695. The largest absolute Gasteiger partial charge is 0.496 e. The number of ether oxygens (including phenoxy) is 1. The molecule has 0 bridgehead atoms. The molecule has 0 radical (unpaired) electrons.